The molecule has 154 valence electrons. The Hall–Kier alpha value is -2.47. The van der Waals surface area contributed by atoms with Crippen molar-refractivity contribution in [2.24, 2.45) is 0 Å². The van der Waals surface area contributed by atoms with Crippen LogP contribution in [0.1, 0.15) is 55.3 Å². The lowest BCUT2D eigenvalue weighted by Crippen LogP contribution is -2.36. The number of amides is 2. The highest BCUT2D eigenvalue weighted by Crippen LogP contribution is 2.25. The van der Waals surface area contributed by atoms with Crippen LogP contribution in [0, 0.1) is 0 Å². The maximum Gasteiger partial charge on any atom is 0.256 e. The molecule has 1 aliphatic rings. The molecule has 0 bridgehead atoms. The Bertz CT molecular complexity index is 832. The molecule has 0 radical (unpaired) electrons. The number of thioether (sulfide) groups is 1. The van der Waals surface area contributed by atoms with Gasteiger partial charge in [0.2, 0.25) is 5.91 Å². The lowest BCUT2D eigenvalue weighted by molar-refractivity contribution is -0.119. The van der Waals surface area contributed by atoms with Crippen LogP contribution < -0.4 is 10.6 Å². The van der Waals surface area contributed by atoms with E-state index in [1.807, 2.05) is 12.1 Å². The lowest BCUT2D eigenvalue weighted by atomic mass is 9.97. The molecule has 0 saturated heterocycles. The van der Waals surface area contributed by atoms with Gasteiger partial charge in [-0.2, -0.15) is 0 Å². The van der Waals surface area contributed by atoms with Crippen molar-refractivity contribution in [1.82, 2.24) is 5.32 Å². The number of phenols is 1. The zero-order valence-corrected chi connectivity index (χ0v) is 17.3. The molecule has 0 heterocycles. The van der Waals surface area contributed by atoms with Gasteiger partial charge in [-0.05, 0) is 37.1 Å². The molecule has 3 N–H and O–H groups in total. The van der Waals surface area contributed by atoms with Crippen LogP contribution in [0.2, 0.25) is 0 Å². The summed E-state index contributed by atoms with van der Waals surface area (Å²) < 4.78 is 0. The van der Waals surface area contributed by atoms with E-state index in [2.05, 4.69) is 10.6 Å². The van der Waals surface area contributed by atoms with Crippen LogP contribution >= 0.6 is 11.8 Å². The van der Waals surface area contributed by atoms with Gasteiger partial charge in [-0.25, -0.2) is 0 Å². The van der Waals surface area contributed by atoms with Crippen molar-refractivity contribution in [3.8, 4) is 5.75 Å². The molecule has 1 saturated carbocycles. The van der Waals surface area contributed by atoms with Gasteiger partial charge in [-0.1, -0.05) is 50.3 Å². The first-order valence-corrected chi connectivity index (χ1v) is 11.2. The molecule has 2 amide bonds. The highest BCUT2D eigenvalue weighted by molar-refractivity contribution is 8.00. The summed E-state index contributed by atoms with van der Waals surface area (Å²) in [5, 5.41) is 15.5. The molecular weight excluding hydrogens is 384 g/mol. The minimum atomic E-state index is -0.265. The number of aromatic hydroxyl groups is 1. The van der Waals surface area contributed by atoms with Gasteiger partial charge in [0.25, 0.3) is 5.91 Å². The van der Waals surface area contributed by atoms with E-state index < -0.39 is 0 Å². The number of hydrogen-bond donors (Lipinski definition) is 3. The molecule has 29 heavy (non-hydrogen) atoms. The number of carbonyl (C=O) groups excluding carboxylic acids is 2. The maximum absolute atomic E-state index is 12.7. The number of hydrogen-bond acceptors (Lipinski definition) is 4. The van der Waals surface area contributed by atoms with E-state index >= 15 is 0 Å². The van der Waals surface area contributed by atoms with Crippen molar-refractivity contribution in [2.75, 3.05) is 11.1 Å². The quantitative estimate of drug-likeness (QED) is 0.586. The Kier molecular flexibility index (Phi) is 7.99. The minimum Gasteiger partial charge on any atom is -0.508 e. The average Bonchev–Trinajstić information content (AvgIpc) is 2.68. The lowest BCUT2D eigenvalue weighted by Gasteiger charge is -2.21. The Morgan fingerprint density at radius 1 is 0.966 bits per heavy atom. The zero-order chi connectivity index (χ0) is 20.5. The third kappa shape index (κ3) is 6.82. The fourth-order valence-corrected chi connectivity index (χ4v) is 4.44. The Balaban J connectivity index is 1.57. The molecule has 3 rings (SSSR count). The van der Waals surface area contributed by atoms with E-state index in [0.717, 1.165) is 17.7 Å². The summed E-state index contributed by atoms with van der Waals surface area (Å²) in [4.78, 5) is 25.9. The van der Waals surface area contributed by atoms with Gasteiger partial charge in [-0.15, -0.1) is 11.8 Å². The van der Waals surface area contributed by atoms with Gasteiger partial charge in [0.1, 0.15) is 5.75 Å². The number of carbonyl (C=O) groups is 2. The van der Waals surface area contributed by atoms with Crippen molar-refractivity contribution < 1.29 is 14.7 Å². The zero-order valence-electron chi connectivity index (χ0n) is 16.5. The molecule has 1 aliphatic carbocycles. The third-order valence-electron chi connectivity index (χ3n) is 5.06. The second-order valence-corrected chi connectivity index (χ2v) is 8.42. The van der Waals surface area contributed by atoms with E-state index in [1.54, 1.807) is 30.3 Å². The Morgan fingerprint density at radius 3 is 2.45 bits per heavy atom. The topological polar surface area (TPSA) is 78.4 Å². The fourth-order valence-electron chi connectivity index (χ4n) is 3.58. The van der Waals surface area contributed by atoms with Gasteiger partial charge in [0, 0.05) is 22.7 Å². The van der Waals surface area contributed by atoms with Crippen LogP contribution in [0.3, 0.4) is 0 Å². The molecule has 0 aromatic heterocycles. The van der Waals surface area contributed by atoms with Crippen molar-refractivity contribution in [3.63, 3.8) is 0 Å². The SMILES string of the molecule is O=C(CSc1ccccc1C(=O)Nc1cccc(O)c1)NC1CCCCCCC1. The molecule has 5 nitrogen and oxygen atoms in total. The monoisotopic (exact) mass is 412 g/mol. The van der Waals surface area contributed by atoms with E-state index in [1.165, 1.54) is 49.9 Å². The molecule has 1 fully saturated rings. The molecule has 0 aliphatic heterocycles. The first-order valence-electron chi connectivity index (χ1n) is 10.2. The number of nitrogens with one attached hydrogen (secondary N) is 2. The summed E-state index contributed by atoms with van der Waals surface area (Å²) in [5.41, 5.74) is 1.04. The average molecular weight is 413 g/mol. The molecular formula is C23H28N2O3S. The van der Waals surface area contributed by atoms with E-state index in [4.69, 9.17) is 0 Å². The van der Waals surface area contributed by atoms with Crippen LogP contribution in [0.4, 0.5) is 5.69 Å². The standard InChI is InChI=1S/C23H28N2O3S/c26-19-12-8-11-18(15-19)25-23(28)20-13-6-7-14-21(20)29-16-22(27)24-17-9-4-2-1-3-5-10-17/h6-8,11-15,17,26H,1-5,9-10,16H2,(H,24,27)(H,25,28). The third-order valence-corrected chi connectivity index (χ3v) is 6.14. The molecule has 6 heteroatoms. The number of benzene rings is 2. The number of rotatable bonds is 6. The predicted octanol–water partition coefficient (Wildman–Crippen LogP) is 4.97. The van der Waals surface area contributed by atoms with Gasteiger partial charge in [0.05, 0.1) is 11.3 Å². The van der Waals surface area contributed by atoms with Crippen LogP contribution in [-0.4, -0.2) is 28.7 Å². The highest BCUT2D eigenvalue weighted by atomic mass is 32.2. The first-order chi connectivity index (χ1) is 14.1. The van der Waals surface area contributed by atoms with E-state index in [0.29, 0.717) is 11.3 Å². The predicted molar refractivity (Wildman–Crippen MR) is 117 cm³/mol. The van der Waals surface area contributed by atoms with Gasteiger partial charge in [-0.3, -0.25) is 9.59 Å². The van der Waals surface area contributed by atoms with Crippen molar-refractivity contribution in [3.05, 3.63) is 54.1 Å². The van der Waals surface area contributed by atoms with Gasteiger partial charge in [0.15, 0.2) is 0 Å². The summed E-state index contributed by atoms with van der Waals surface area (Å²) in [6, 6.07) is 14.0. The van der Waals surface area contributed by atoms with Crippen molar-refractivity contribution in [1.29, 1.82) is 0 Å². The smallest absolute Gasteiger partial charge is 0.256 e. The Morgan fingerprint density at radius 2 is 1.69 bits per heavy atom. The molecule has 2 aromatic rings. The van der Waals surface area contributed by atoms with Crippen LogP contribution in [0.5, 0.6) is 5.75 Å². The maximum atomic E-state index is 12.7. The first kappa shape index (κ1) is 21.2. The second kappa shape index (κ2) is 10.9. The van der Waals surface area contributed by atoms with Crippen molar-refractivity contribution >= 4 is 29.3 Å². The van der Waals surface area contributed by atoms with Crippen LogP contribution in [0.15, 0.2) is 53.4 Å². The summed E-state index contributed by atoms with van der Waals surface area (Å²) in [6.45, 7) is 0. The second-order valence-electron chi connectivity index (χ2n) is 7.40. The molecule has 0 spiro atoms. The number of phenolic OH excluding ortho intramolecular Hbond substituents is 1. The van der Waals surface area contributed by atoms with Gasteiger partial charge >= 0.3 is 0 Å². The van der Waals surface area contributed by atoms with Crippen molar-refractivity contribution in [2.45, 2.75) is 55.9 Å². The van der Waals surface area contributed by atoms with E-state index in [9.17, 15) is 14.7 Å². The summed E-state index contributed by atoms with van der Waals surface area (Å²) in [6.07, 6.45) is 8.27. The van der Waals surface area contributed by atoms with Crippen LogP contribution in [-0.2, 0) is 4.79 Å². The van der Waals surface area contributed by atoms with Crippen LogP contribution in [0.25, 0.3) is 0 Å². The fraction of sp³-hybridized carbons (Fsp3) is 0.391. The molecule has 2 aromatic carbocycles. The summed E-state index contributed by atoms with van der Waals surface area (Å²) in [7, 11) is 0. The summed E-state index contributed by atoms with van der Waals surface area (Å²) in [5.74, 6) is 0.131. The Labute approximate surface area is 176 Å². The highest BCUT2D eigenvalue weighted by Gasteiger charge is 2.16. The normalized spacial score (nSPS) is 15.2. The number of anilines is 1. The van der Waals surface area contributed by atoms with E-state index in [-0.39, 0.29) is 29.4 Å². The summed E-state index contributed by atoms with van der Waals surface area (Å²) >= 11 is 1.37. The minimum absolute atomic E-state index is 0.0174. The molecule has 0 atom stereocenters. The van der Waals surface area contributed by atoms with Gasteiger partial charge < -0.3 is 15.7 Å². The largest absolute Gasteiger partial charge is 0.508 e. The molecule has 0 unspecified atom stereocenters.